The number of H-pyrrole nitrogens is 2. The number of rotatable bonds is 4. The first-order valence-corrected chi connectivity index (χ1v) is 16.1. The van der Waals surface area contributed by atoms with E-state index >= 15 is 0 Å². The number of nitrogens with zero attached hydrogens (tertiary/aromatic N) is 2. The summed E-state index contributed by atoms with van der Waals surface area (Å²) in [5, 5.41) is 6.54. The smallest absolute Gasteiger partial charge is 0.330 e. The average molecular weight is 627 g/mol. The zero-order chi connectivity index (χ0) is 32.4. The van der Waals surface area contributed by atoms with Crippen LogP contribution in [0, 0.1) is 12.7 Å². The lowest BCUT2D eigenvalue weighted by atomic mass is 9.95. The van der Waals surface area contributed by atoms with E-state index in [1.54, 1.807) is 6.07 Å². The molecule has 4 heterocycles. The SMILES string of the molecule is CC1(n2c(=O)[nH]c3c(c2=O)CC[C@H](c2cccc(F)c2)N3)CC1.Cc1cccc([C@H]2CCc3c([nH]c(=O)n(C4(C)CC4)c3=O)N2)c1. The van der Waals surface area contributed by atoms with Crippen molar-refractivity contribution in [3.8, 4) is 0 Å². The third-order valence-electron chi connectivity index (χ3n) is 10.1. The second kappa shape index (κ2) is 11.0. The van der Waals surface area contributed by atoms with Crippen LogP contribution in [0.5, 0.6) is 0 Å². The molecule has 0 saturated heterocycles. The fraction of sp³-hybridized carbons (Fsp3) is 0.429. The van der Waals surface area contributed by atoms with E-state index in [1.165, 1.54) is 32.4 Å². The lowest BCUT2D eigenvalue weighted by Crippen LogP contribution is -2.44. The molecule has 2 aliphatic heterocycles. The quantitative estimate of drug-likeness (QED) is 0.259. The molecule has 240 valence electrons. The summed E-state index contributed by atoms with van der Waals surface area (Å²) in [6.45, 7) is 5.97. The fourth-order valence-corrected chi connectivity index (χ4v) is 6.83. The van der Waals surface area contributed by atoms with Crippen molar-refractivity contribution in [2.45, 2.75) is 95.3 Å². The van der Waals surface area contributed by atoms with Gasteiger partial charge in [-0.3, -0.25) is 28.7 Å². The van der Waals surface area contributed by atoms with Crippen LogP contribution in [0.1, 0.15) is 92.3 Å². The Morgan fingerprint density at radius 1 is 0.696 bits per heavy atom. The summed E-state index contributed by atoms with van der Waals surface area (Å²) in [4.78, 5) is 55.7. The number of halogens is 1. The van der Waals surface area contributed by atoms with Crippen LogP contribution in [0.4, 0.5) is 16.0 Å². The van der Waals surface area contributed by atoms with Gasteiger partial charge in [0.15, 0.2) is 0 Å². The lowest BCUT2D eigenvalue weighted by Gasteiger charge is -2.27. The van der Waals surface area contributed by atoms with Gasteiger partial charge >= 0.3 is 11.4 Å². The molecule has 2 fully saturated rings. The first kappa shape index (κ1) is 30.0. The van der Waals surface area contributed by atoms with Crippen LogP contribution in [-0.2, 0) is 23.9 Å². The fourth-order valence-electron chi connectivity index (χ4n) is 6.83. The number of hydrogen-bond donors (Lipinski definition) is 4. The molecular weight excluding hydrogens is 587 g/mol. The Labute approximate surface area is 264 Å². The summed E-state index contributed by atoms with van der Waals surface area (Å²) in [6, 6.07) is 14.7. The third kappa shape index (κ3) is 5.41. The molecule has 2 saturated carbocycles. The number of aromatic nitrogens is 4. The van der Waals surface area contributed by atoms with E-state index in [2.05, 4.69) is 45.7 Å². The molecule has 0 radical (unpaired) electrons. The first-order chi connectivity index (χ1) is 22.0. The lowest BCUT2D eigenvalue weighted by molar-refractivity contribution is 0.477. The molecule has 10 nitrogen and oxygen atoms in total. The maximum absolute atomic E-state index is 13.4. The van der Waals surface area contributed by atoms with Crippen LogP contribution in [0.25, 0.3) is 0 Å². The Bertz CT molecular complexity index is 1940. The summed E-state index contributed by atoms with van der Waals surface area (Å²) in [5.74, 6) is 0.778. The van der Waals surface area contributed by atoms with Gasteiger partial charge in [-0.15, -0.1) is 0 Å². The van der Waals surface area contributed by atoms with Crippen molar-refractivity contribution in [1.82, 2.24) is 19.1 Å². The predicted octanol–water partition coefficient (Wildman–Crippen LogP) is 4.74. The predicted molar refractivity (Wildman–Crippen MR) is 175 cm³/mol. The molecule has 0 spiro atoms. The number of anilines is 2. The molecule has 2 aromatic heterocycles. The molecule has 4 aliphatic rings. The highest BCUT2D eigenvalue weighted by Gasteiger charge is 2.43. The maximum Gasteiger partial charge on any atom is 0.330 e. The molecule has 0 amide bonds. The number of benzene rings is 2. The van der Waals surface area contributed by atoms with E-state index in [-0.39, 0.29) is 51.5 Å². The zero-order valence-corrected chi connectivity index (χ0v) is 26.3. The molecule has 2 atom stereocenters. The van der Waals surface area contributed by atoms with Crippen LogP contribution in [0.15, 0.2) is 67.7 Å². The van der Waals surface area contributed by atoms with Crippen molar-refractivity contribution in [3.05, 3.63) is 124 Å². The molecule has 8 rings (SSSR count). The van der Waals surface area contributed by atoms with Crippen LogP contribution >= 0.6 is 0 Å². The number of aryl methyl sites for hydroxylation is 1. The van der Waals surface area contributed by atoms with Gasteiger partial charge in [0.2, 0.25) is 0 Å². The number of hydrogen-bond acceptors (Lipinski definition) is 6. The van der Waals surface area contributed by atoms with Crippen molar-refractivity contribution in [3.63, 3.8) is 0 Å². The Morgan fingerprint density at radius 3 is 1.59 bits per heavy atom. The van der Waals surface area contributed by atoms with Gasteiger partial charge in [0.1, 0.15) is 17.5 Å². The number of nitrogens with one attached hydrogen (secondary N) is 4. The minimum atomic E-state index is -0.374. The molecule has 46 heavy (non-hydrogen) atoms. The highest BCUT2D eigenvalue weighted by Crippen LogP contribution is 2.42. The largest absolute Gasteiger partial charge is 0.364 e. The molecule has 2 aliphatic carbocycles. The highest BCUT2D eigenvalue weighted by atomic mass is 19.1. The van der Waals surface area contributed by atoms with Crippen LogP contribution < -0.4 is 33.1 Å². The molecule has 4 N–H and O–H groups in total. The summed E-state index contributed by atoms with van der Waals surface area (Å²) < 4.78 is 16.2. The Kier molecular flexibility index (Phi) is 7.17. The summed E-state index contributed by atoms with van der Waals surface area (Å²) in [6.07, 6.45) is 6.30. The zero-order valence-electron chi connectivity index (χ0n) is 26.3. The first-order valence-electron chi connectivity index (χ1n) is 16.1. The second-order valence-electron chi connectivity index (χ2n) is 13.8. The van der Waals surface area contributed by atoms with Gasteiger partial charge in [0.25, 0.3) is 11.1 Å². The van der Waals surface area contributed by atoms with Gasteiger partial charge in [-0.05, 0) is 95.4 Å². The van der Waals surface area contributed by atoms with E-state index in [9.17, 15) is 23.6 Å². The molecule has 2 aromatic carbocycles. The van der Waals surface area contributed by atoms with Crippen LogP contribution in [0.3, 0.4) is 0 Å². The second-order valence-corrected chi connectivity index (χ2v) is 13.8. The van der Waals surface area contributed by atoms with E-state index in [4.69, 9.17) is 0 Å². The standard InChI is InChI=1S/C18H21N3O2.C17H18FN3O2/c1-11-4-3-5-12(10-11)14-7-6-13-15(19-14)20-17(23)21(16(13)22)18(2)8-9-18;1-17(7-8-17)21-15(22)12-5-6-13(19-14(12)20-16(21)23)10-3-2-4-11(18)9-10/h3-5,10,14,19H,6-9H2,1-2H3,(H,20,23);2-4,9,13,19H,5-8H2,1H3,(H,20,23)/t14-;13-/m11/s1. The molecule has 0 bridgehead atoms. The Morgan fingerprint density at radius 2 is 1.15 bits per heavy atom. The Hall–Kier alpha value is -4.67. The number of aromatic amines is 2. The van der Waals surface area contributed by atoms with Gasteiger partial charge in [0.05, 0.1) is 34.3 Å². The summed E-state index contributed by atoms with van der Waals surface area (Å²) >= 11 is 0. The minimum absolute atomic E-state index is 0.111. The van der Waals surface area contributed by atoms with Crippen LogP contribution in [-0.4, -0.2) is 19.1 Å². The van der Waals surface area contributed by atoms with E-state index in [0.717, 1.165) is 37.7 Å². The van der Waals surface area contributed by atoms with Gasteiger partial charge < -0.3 is 10.6 Å². The Balaban J connectivity index is 0.000000147. The van der Waals surface area contributed by atoms with E-state index < -0.39 is 0 Å². The van der Waals surface area contributed by atoms with Gasteiger partial charge in [-0.2, -0.15) is 0 Å². The molecular formula is C35H39FN6O4. The third-order valence-corrected chi connectivity index (χ3v) is 10.1. The van der Waals surface area contributed by atoms with Gasteiger partial charge in [-0.1, -0.05) is 42.0 Å². The number of fused-ring (bicyclic) bond motifs is 2. The normalized spacial score (nSPS) is 21.4. The maximum atomic E-state index is 13.4. The van der Waals surface area contributed by atoms with Crippen molar-refractivity contribution in [2.24, 2.45) is 0 Å². The topological polar surface area (TPSA) is 134 Å². The average Bonchev–Trinajstić information content (AvgIpc) is 3.95. The van der Waals surface area contributed by atoms with Crippen molar-refractivity contribution in [2.75, 3.05) is 10.6 Å². The van der Waals surface area contributed by atoms with E-state index in [0.29, 0.717) is 42.0 Å². The van der Waals surface area contributed by atoms with Crippen LogP contribution in [0.2, 0.25) is 0 Å². The van der Waals surface area contributed by atoms with Crippen molar-refractivity contribution < 1.29 is 4.39 Å². The van der Waals surface area contributed by atoms with Crippen molar-refractivity contribution >= 4 is 11.6 Å². The van der Waals surface area contributed by atoms with Gasteiger partial charge in [0, 0.05) is 0 Å². The molecule has 4 aromatic rings. The molecule has 0 unspecified atom stereocenters. The van der Waals surface area contributed by atoms with E-state index in [1.807, 2.05) is 26.0 Å². The van der Waals surface area contributed by atoms with Crippen molar-refractivity contribution in [1.29, 1.82) is 0 Å². The summed E-state index contributed by atoms with van der Waals surface area (Å²) in [5.41, 5.74) is 2.92. The molecule has 11 heteroatoms. The summed E-state index contributed by atoms with van der Waals surface area (Å²) in [7, 11) is 0. The van der Waals surface area contributed by atoms with Gasteiger partial charge in [-0.25, -0.2) is 14.0 Å². The highest BCUT2D eigenvalue weighted by molar-refractivity contribution is 5.49. The monoisotopic (exact) mass is 626 g/mol. The minimum Gasteiger partial charge on any atom is -0.364 e.